The number of carboxylic acids is 1. The Kier molecular flexibility index (Phi) is 5.85. The fourth-order valence-electron chi connectivity index (χ4n) is 4.24. The van der Waals surface area contributed by atoms with Crippen LogP contribution in [0.4, 0.5) is 17.3 Å². The summed E-state index contributed by atoms with van der Waals surface area (Å²) in [6.07, 6.45) is 1.75. The van der Waals surface area contributed by atoms with Crippen molar-refractivity contribution in [3.05, 3.63) is 89.7 Å². The van der Waals surface area contributed by atoms with E-state index in [1.165, 1.54) is 0 Å². The first-order valence-electron chi connectivity index (χ1n) is 11.5. The number of aromatic carboxylic acids is 1. The maximum Gasteiger partial charge on any atom is 0.337 e. The molecular weight excluding hydrogens is 452 g/mol. The molecular formula is C28H26N6O2. The number of carboxylic acid groups (broad SMARTS) is 1. The van der Waals surface area contributed by atoms with E-state index in [-0.39, 0.29) is 5.56 Å². The number of hydrogen-bond donors (Lipinski definition) is 2. The number of nitrogens with zero attached hydrogens (tertiary/aromatic N) is 5. The van der Waals surface area contributed by atoms with Gasteiger partial charge in [0.05, 0.1) is 39.9 Å². The van der Waals surface area contributed by atoms with Gasteiger partial charge in [-0.2, -0.15) is 5.10 Å². The standard InChI is InChI=1S/C28H26N6O2/c1-17-9-5-8-12-24(17)34-27(31-21-11-7-6-10-20(21)28(35)36)26(18(2)32-34)19-13-14-22-23(15-19)30-25(16-29-22)33(3)4/h5-16,31H,1-4H3,(H,35,36). The van der Waals surface area contributed by atoms with Crippen LogP contribution in [0.3, 0.4) is 0 Å². The fourth-order valence-corrected chi connectivity index (χ4v) is 4.24. The molecule has 0 amide bonds. The van der Waals surface area contributed by atoms with Gasteiger partial charge in [-0.15, -0.1) is 0 Å². The van der Waals surface area contributed by atoms with Gasteiger partial charge < -0.3 is 15.3 Å². The molecule has 5 aromatic rings. The number of carbonyl (C=O) groups is 1. The summed E-state index contributed by atoms with van der Waals surface area (Å²) >= 11 is 0. The average Bonchev–Trinajstić information content (AvgIpc) is 3.19. The molecule has 0 unspecified atom stereocenters. The van der Waals surface area contributed by atoms with E-state index < -0.39 is 5.97 Å². The lowest BCUT2D eigenvalue weighted by Crippen LogP contribution is -2.10. The molecule has 8 heteroatoms. The molecule has 180 valence electrons. The average molecular weight is 479 g/mol. The summed E-state index contributed by atoms with van der Waals surface area (Å²) in [4.78, 5) is 23.1. The van der Waals surface area contributed by atoms with E-state index >= 15 is 0 Å². The zero-order chi connectivity index (χ0) is 25.4. The molecule has 8 nitrogen and oxygen atoms in total. The second kappa shape index (κ2) is 9.14. The molecule has 0 aliphatic rings. The van der Waals surface area contributed by atoms with Gasteiger partial charge in [0.1, 0.15) is 11.6 Å². The van der Waals surface area contributed by atoms with Crippen LogP contribution in [0.1, 0.15) is 21.6 Å². The lowest BCUT2D eigenvalue weighted by atomic mass is 10.0. The van der Waals surface area contributed by atoms with Crippen molar-refractivity contribution in [2.45, 2.75) is 13.8 Å². The summed E-state index contributed by atoms with van der Waals surface area (Å²) in [5.41, 5.74) is 6.72. The van der Waals surface area contributed by atoms with Gasteiger partial charge in [0, 0.05) is 19.7 Å². The highest BCUT2D eigenvalue weighted by Crippen LogP contribution is 2.37. The van der Waals surface area contributed by atoms with Gasteiger partial charge >= 0.3 is 5.97 Å². The number of nitrogens with one attached hydrogen (secondary N) is 1. The summed E-state index contributed by atoms with van der Waals surface area (Å²) in [6.45, 7) is 3.97. The number of hydrogen-bond acceptors (Lipinski definition) is 6. The number of fused-ring (bicyclic) bond motifs is 1. The number of para-hydroxylation sites is 2. The van der Waals surface area contributed by atoms with Crippen LogP contribution < -0.4 is 10.2 Å². The van der Waals surface area contributed by atoms with E-state index in [0.29, 0.717) is 11.5 Å². The smallest absolute Gasteiger partial charge is 0.337 e. The molecule has 0 bridgehead atoms. The lowest BCUT2D eigenvalue weighted by molar-refractivity contribution is 0.0698. The zero-order valence-electron chi connectivity index (χ0n) is 20.5. The van der Waals surface area contributed by atoms with Crippen LogP contribution in [0.15, 0.2) is 72.9 Å². The first-order valence-corrected chi connectivity index (χ1v) is 11.5. The van der Waals surface area contributed by atoms with E-state index in [9.17, 15) is 9.90 Å². The molecule has 0 radical (unpaired) electrons. The molecule has 0 fully saturated rings. The fraction of sp³-hybridized carbons (Fsp3) is 0.143. The molecule has 0 aliphatic carbocycles. The van der Waals surface area contributed by atoms with Gasteiger partial charge in [-0.05, 0) is 55.3 Å². The monoisotopic (exact) mass is 478 g/mol. The summed E-state index contributed by atoms with van der Waals surface area (Å²) in [5.74, 6) is 0.433. The Morgan fingerprint density at radius 2 is 1.72 bits per heavy atom. The topological polar surface area (TPSA) is 96.2 Å². The zero-order valence-corrected chi connectivity index (χ0v) is 20.5. The summed E-state index contributed by atoms with van der Waals surface area (Å²) < 4.78 is 1.84. The molecule has 0 atom stereocenters. The molecule has 0 spiro atoms. The van der Waals surface area contributed by atoms with Crippen molar-refractivity contribution in [3.63, 3.8) is 0 Å². The van der Waals surface area contributed by atoms with Crippen LogP contribution in [0.2, 0.25) is 0 Å². The first kappa shape index (κ1) is 23.0. The van der Waals surface area contributed by atoms with Crippen molar-refractivity contribution in [1.29, 1.82) is 0 Å². The highest BCUT2D eigenvalue weighted by molar-refractivity contribution is 5.96. The minimum atomic E-state index is -1.00. The number of rotatable bonds is 6. The van der Waals surface area contributed by atoms with Crippen LogP contribution >= 0.6 is 0 Å². The lowest BCUT2D eigenvalue weighted by Gasteiger charge is -2.16. The normalized spacial score (nSPS) is 11.0. The molecule has 5 rings (SSSR count). The molecule has 0 saturated heterocycles. The minimum absolute atomic E-state index is 0.179. The van der Waals surface area contributed by atoms with Crippen LogP contribution in [-0.2, 0) is 0 Å². The van der Waals surface area contributed by atoms with Crippen LogP contribution in [0.5, 0.6) is 0 Å². The van der Waals surface area contributed by atoms with Gasteiger partial charge in [-0.3, -0.25) is 4.98 Å². The van der Waals surface area contributed by atoms with Crippen LogP contribution in [-0.4, -0.2) is 44.9 Å². The SMILES string of the molecule is Cc1ccccc1-n1nc(C)c(-c2ccc3ncc(N(C)C)nc3c2)c1Nc1ccccc1C(=O)O. The quantitative estimate of drug-likeness (QED) is 0.328. The third-order valence-corrected chi connectivity index (χ3v) is 6.09. The number of anilines is 3. The molecule has 2 N–H and O–H groups in total. The molecule has 0 saturated carbocycles. The third-order valence-electron chi connectivity index (χ3n) is 6.09. The molecule has 3 aromatic carbocycles. The predicted octanol–water partition coefficient (Wildman–Crippen LogP) is 5.61. The summed E-state index contributed by atoms with van der Waals surface area (Å²) in [6, 6.07) is 20.8. The third kappa shape index (κ3) is 4.13. The van der Waals surface area contributed by atoms with Crippen molar-refractivity contribution in [3.8, 4) is 16.8 Å². The second-order valence-electron chi connectivity index (χ2n) is 8.81. The van der Waals surface area contributed by atoms with Crippen LogP contribution in [0, 0.1) is 13.8 Å². The Balaban J connectivity index is 1.74. The number of aromatic nitrogens is 4. The van der Waals surface area contributed by atoms with Gasteiger partial charge in [0.15, 0.2) is 0 Å². The van der Waals surface area contributed by atoms with E-state index in [2.05, 4.69) is 10.3 Å². The Hall–Kier alpha value is -4.72. The van der Waals surface area contributed by atoms with Crippen molar-refractivity contribution < 1.29 is 9.90 Å². The highest BCUT2D eigenvalue weighted by Gasteiger charge is 2.21. The van der Waals surface area contributed by atoms with E-state index in [0.717, 1.165) is 44.9 Å². The molecule has 0 aliphatic heterocycles. The summed E-state index contributed by atoms with van der Waals surface area (Å²) in [5, 5.41) is 18.0. The van der Waals surface area contributed by atoms with Crippen molar-refractivity contribution in [2.75, 3.05) is 24.3 Å². The van der Waals surface area contributed by atoms with Gasteiger partial charge in [-0.25, -0.2) is 14.5 Å². The van der Waals surface area contributed by atoms with Crippen molar-refractivity contribution in [1.82, 2.24) is 19.7 Å². The minimum Gasteiger partial charge on any atom is -0.478 e. The Morgan fingerprint density at radius 3 is 2.47 bits per heavy atom. The molecule has 36 heavy (non-hydrogen) atoms. The maximum absolute atomic E-state index is 11.9. The number of benzene rings is 3. The molecule has 2 aromatic heterocycles. The Bertz CT molecular complexity index is 1610. The molecule has 2 heterocycles. The maximum atomic E-state index is 11.9. The first-order chi connectivity index (χ1) is 17.3. The van der Waals surface area contributed by atoms with Gasteiger partial charge in [0.25, 0.3) is 0 Å². The second-order valence-corrected chi connectivity index (χ2v) is 8.81. The van der Waals surface area contributed by atoms with E-state index in [4.69, 9.17) is 10.1 Å². The highest BCUT2D eigenvalue weighted by atomic mass is 16.4. The van der Waals surface area contributed by atoms with Gasteiger partial charge in [0.2, 0.25) is 0 Å². The Labute approximate surface area is 208 Å². The largest absolute Gasteiger partial charge is 0.478 e. The van der Waals surface area contributed by atoms with E-state index in [1.54, 1.807) is 24.4 Å². The van der Waals surface area contributed by atoms with Gasteiger partial charge in [-0.1, -0.05) is 36.4 Å². The van der Waals surface area contributed by atoms with Crippen molar-refractivity contribution in [2.24, 2.45) is 0 Å². The van der Waals surface area contributed by atoms with Crippen molar-refractivity contribution >= 4 is 34.3 Å². The van der Waals surface area contributed by atoms with Crippen LogP contribution in [0.25, 0.3) is 27.8 Å². The van der Waals surface area contributed by atoms with E-state index in [1.807, 2.05) is 86.1 Å². The Morgan fingerprint density at radius 1 is 0.972 bits per heavy atom. The predicted molar refractivity (Wildman–Crippen MR) is 143 cm³/mol. The summed E-state index contributed by atoms with van der Waals surface area (Å²) in [7, 11) is 3.86. The number of aryl methyl sites for hydroxylation is 2.